The van der Waals surface area contributed by atoms with Crippen molar-refractivity contribution in [2.45, 2.75) is 82.9 Å². The van der Waals surface area contributed by atoms with Crippen LogP contribution in [0.25, 0.3) is 0 Å². The number of hydrogen-bond donors (Lipinski definition) is 4. The Labute approximate surface area is 162 Å². The number of carbonyl (C=O) groups excluding carboxylic acids is 1. The van der Waals surface area contributed by atoms with E-state index < -0.39 is 65.6 Å². The van der Waals surface area contributed by atoms with E-state index in [0.717, 1.165) is 0 Å². The zero-order valence-electron chi connectivity index (χ0n) is 20.5. The molecule has 0 amide bonds. The van der Waals surface area contributed by atoms with Crippen LogP contribution in [-0.4, -0.2) is 50.6 Å². The van der Waals surface area contributed by atoms with Gasteiger partial charge >= 0.3 is 0 Å². The van der Waals surface area contributed by atoms with E-state index in [9.17, 15) is 25.2 Å². The van der Waals surface area contributed by atoms with Crippen molar-refractivity contribution < 1.29 is 32.1 Å². The lowest BCUT2D eigenvalue weighted by Crippen LogP contribution is -2.63. The van der Waals surface area contributed by atoms with Crippen LogP contribution in [0, 0.1) is 34.5 Å². The van der Waals surface area contributed by atoms with Crippen LogP contribution in [0.1, 0.15) is 72.0 Å². The number of fused-ring (bicyclic) bond motifs is 5. The maximum absolute atomic E-state index is 12.5. The third-order valence-corrected chi connectivity index (χ3v) is 8.50. The number of carbonyl (C=O) groups is 1. The minimum atomic E-state index is -2.90. The number of aliphatic hydroxyl groups excluding tert-OH is 2. The fourth-order valence-corrected chi connectivity index (χ4v) is 7.17. The molecule has 5 nitrogen and oxygen atoms in total. The summed E-state index contributed by atoms with van der Waals surface area (Å²) in [6.45, 7) is 2.78. The largest absolute Gasteiger partial charge is 0.393 e. The second-order valence-corrected chi connectivity index (χ2v) is 9.45. The maximum Gasteiger partial charge on any atom is 0.190 e. The van der Waals surface area contributed by atoms with E-state index in [1.807, 2.05) is 0 Å². The summed E-state index contributed by atoms with van der Waals surface area (Å²) in [6, 6.07) is 0. The van der Waals surface area contributed by atoms with Gasteiger partial charge in [0.1, 0.15) is 12.2 Å². The minimum Gasteiger partial charge on any atom is -0.393 e. The van der Waals surface area contributed by atoms with Gasteiger partial charge in [-0.3, -0.25) is 4.79 Å². The van der Waals surface area contributed by atoms with Crippen LogP contribution in [0.5, 0.6) is 0 Å². The predicted octanol–water partition coefficient (Wildman–Crippen LogP) is 1.65. The lowest BCUT2D eigenvalue weighted by molar-refractivity contribution is -0.202. The smallest absolute Gasteiger partial charge is 0.190 e. The zero-order chi connectivity index (χ0) is 23.4. The molecule has 4 aliphatic carbocycles. The number of hydrogen-bond acceptors (Lipinski definition) is 5. The standard InChI is InChI=1S/C21H34O5/c1-19-7-5-13(23)9-12(19)3-4-14-15-6-8-21(26,17(25)11-22)20(15,2)10-16(24)18(14)19/h12-16,18,22-24,26H,3-11H2,1-2H3/t12-,13-,14?,15?,16+,18?,19?,20?,21+/m1/s1/i5D2,9D2,13D. The summed E-state index contributed by atoms with van der Waals surface area (Å²) in [5.74, 6) is -2.21. The number of rotatable bonds is 2. The molecular formula is C21H34O5. The Kier molecular flexibility index (Phi) is 3.15. The van der Waals surface area contributed by atoms with Crippen molar-refractivity contribution in [2.75, 3.05) is 6.61 Å². The van der Waals surface area contributed by atoms with Gasteiger partial charge < -0.3 is 20.4 Å². The fraction of sp³-hybridized carbons (Fsp3) is 0.952. The van der Waals surface area contributed by atoms with Gasteiger partial charge in [0, 0.05) is 10.9 Å². The first kappa shape index (κ1) is 13.6. The molecule has 0 bridgehead atoms. The molecule has 5 heteroatoms. The summed E-state index contributed by atoms with van der Waals surface area (Å²) >= 11 is 0. The quantitative estimate of drug-likeness (QED) is 0.592. The molecule has 0 heterocycles. The molecule has 4 fully saturated rings. The molecule has 148 valence electrons. The molecule has 4 rings (SSSR count). The van der Waals surface area contributed by atoms with E-state index in [1.54, 1.807) is 13.8 Å². The molecule has 5 unspecified atom stereocenters. The van der Waals surface area contributed by atoms with Crippen molar-refractivity contribution in [1.29, 1.82) is 0 Å². The third kappa shape index (κ3) is 2.27. The van der Waals surface area contributed by atoms with Crippen molar-refractivity contribution in [3.05, 3.63) is 0 Å². The average Bonchev–Trinajstić information content (AvgIpc) is 2.90. The van der Waals surface area contributed by atoms with Gasteiger partial charge in [-0.2, -0.15) is 0 Å². The lowest BCUT2D eigenvalue weighted by Gasteiger charge is -2.62. The summed E-state index contributed by atoms with van der Waals surface area (Å²) in [7, 11) is 0. The first-order chi connectivity index (χ1) is 14.0. The molecule has 4 aliphatic rings. The summed E-state index contributed by atoms with van der Waals surface area (Å²) in [5.41, 5.74) is -3.65. The van der Waals surface area contributed by atoms with Crippen LogP contribution in [0.4, 0.5) is 0 Å². The topological polar surface area (TPSA) is 98.0 Å². The van der Waals surface area contributed by atoms with Crippen LogP contribution in [-0.2, 0) is 4.79 Å². The van der Waals surface area contributed by atoms with Gasteiger partial charge in [0.05, 0.1) is 13.6 Å². The third-order valence-electron chi connectivity index (χ3n) is 8.50. The van der Waals surface area contributed by atoms with Gasteiger partial charge in [-0.1, -0.05) is 13.8 Å². The van der Waals surface area contributed by atoms with Crippen LogP contribution in [0.2, 0.25) is 0 Å². The normalized spacial score (nSPS) is 65.9. The second-order valence-electron chi connectivity index (χ2n) is 9.45. The van der Waals surface area contributed by atoms with E-state index in [4.69, 9.17) is 6.85 Å². The minimum absolute atomic E-state index is 0.0977. The zero-order valence-corrected chi connectivity index (χ0v) is 15.5. The van der Waals surface area contributed by atoms with Crippen LogP contribution in [0.15, 0.2) is 0 Å². The summed E-state index contributed by atoms with van der Waals surface area (Å²) < 4.78 is 41.9. The van der Waals surface area contributed by atoms with Gasteiger partial charge in [-0.15, -0.1) is 0 Å². The molecule has 0 aromatic carbocycles. The molecule has 0 aliphatic heterocycles. The van der Waals surface area contributed by atoms with Crippen LogP contribution >= 0.6 is 0 Å². The van der Waals surface area contributed by atoms with Gasteiger partial charge in [0.25, 0.3) is 0 Å². The van der Waals surface area contributed by atoms with Crippen molar-refractivity contribution >= 4 is 5.78 Å². The Morgan fingerprint density at radius 1 is 1.23 bits per heavy atom. The number of Topliss-reactive ketones (excluding diaryl/α,β-unsaturated/α-hetero) is 1. The molecule has 0 aromatic heterocycles. The highest BCUT2D eigenvalue weighted by molar-refractivity contribution is 5.89. The molecule has 4 N–H and O–H groups in total. The Hall–Kier alpha value is -0.490. The van der Waals surface area contributed by atoms with Gasteiger partial charge in [-0.05, 0) is 80.4 Å². The van der Waals surface area contributed by atoms with E-state index >= 15 is 0 Å². The van der Waals surface area contributed by atoms with Crippen LogP contribution in [0.3, 0.4) is 0 Å². The molecule has 9 atom stereocenters. The Morgan fingerprint density at radius 3 is 2.65 bits per heavy atom. The summed E-state index contributed by atoms with van der Waals surface area (Å²) in [6.07, 6.45) is -7.49. The second kappa shape index (κ2) is 6.00. The molecule has 0 spiro atoms. The van der Waals surface area contributed by atoms with Crippen molar-refractivity contribution in [3.63, 3.8) is 0 Å². The van der Waals surface area contributed by atoms with Gasteiger partial charge in [-0.25, -0.2) is 0 Å². The van der Waals surface area contributed by atoms with Crippen molar-refractivity contribution in [1.82, 2.24) is 0 Å². The van der Waals surface area contributed by atoms with Gasteiger partial charge in [0.15, 0.2) is 5.78 Å². The Bertz CT molecular complexity index is 790. The average molecular weight is 372 g/mol. The van der Waals surface area contributed by atoms with Crippen LogP contribution < -0.4 is 0 Å². The number of aliphatic hydroxyl groups is 4. The molecular weight excluding hydrogens is 332 g/mol. The van der Waals surface area contributed by atoms with Gasteiger partial charge in [0.2, 0.25) is 0 Å². The van der Waals surface area contributed by atoms with E-state index in [1.165, 1.54) is 0 Å². The molecule has 0 aromatic rings. The maximum atomic E-state index is 12.5. The summed E-state index contributed by atoms with van der Waals surface area (Å²) in [5, 5.41) is 42.6. The van der Waals surface area contributed by atoms with Crippen molar-refractivity contribution in [3.8, 4) is 0 Å². The summed E-state index contributed by atoms with van der Waals surface area (Å²) in [4.78, 5) is 12.5. The molecule has 0 saturated heterocycles. The highest BCUT2D eigenvalue weighted by Crippen LogP contribution is 2.68. The Balaban J connectivity index is 1.77. The monoisotopic (exact) mass is 371 g/mol. The van der Waals surface area contributed by atoms with E-state index in [-0.39, 0.29) is 31.1 Å². The van der Waals surface area contributed by atoms with E-state index in [2.05, 4.69) is 0 Å². The van der Waals surface area contributed by atoms with Crippen molar-refractivity contribution in [2.24, 2.45) is 34.5 Å². The first-order valence-electron chi connectivity index (χ1n) is 12.3. The predicted molar refractivity (Wildman–Crippen MR) is 96.2 cm³/mol. The Morgan fingerprint density at radius 2 is 1.96 bits per heavy atom. The lowest BCUT2D eigenvalue weighted by atomic mass is 9.43. The molecule has 26 heavy (non-hydrogen) atoms. The van der Waals surface area contributed by atoms with E-state index in [0.29, 0.717) is 19.3 Å². The number of ketones is 1. The molecule has 0 radical (unpaired) electrons. The highest BCUT2D eigenvalue weighted by atomic mass is 16.3. The first-order valence-corrected chi connectivity index (χ1v) is 9.78. The molecule has 4 saturated carbocycles. The highest BCUT2D eigenvalue weighted by Gasteiger charge is 2.68. The SMILES string of the molecule is [2H]C1([2H])CC2(C)C3C(CC[C@@H]2C([2H])([2H])[C@]1([2H])O)C1CC[C@](O)(C(=O)CO)C1(C)C[C@@H]3O. The fourth-order valence-electron chi connectivity index (χ4n) is 7.17.